The Morgan fingerprint density at radius 1 is 1.10 bits per heavy atom. The van der Waals surface area contributed by atoms with Crippen LogP contribution in [0.2, 0.25) is 0 Å². The van der Waals surface area contributed by atoms with E-state index in [0.29, 0.717) is 12.5 Å². The molecular weight excluding hydrogens is 264 g/mol. The summed E-state index contributed by atoms with van der Waals surface area (Å²) in [6, 6.07) is 11.8. The number of ether oxygens (including phenoxy) is 2. The lowest BCUT2D eigenvalue weighted by Crippen LogP contribution is -2.17. The minimum Gasteiger partial charge on any atom is -0.494 e. The molecule has 0 spiro atoms. The molecule has 0 aliphatic carbocycles. The number of benzene rings is 1. The number of hydrogen-bond donors (Lipinski definition) is 1. The summed E-state index contributed by atoms with van der Waals surface area (Å²) < 4.78 is 11.2. The van der Waals surface area contributed by atoms with E-state index >= 15 is 0 Å². The van der Waals surface area contributed by atoms with Crippen molar-refractivity contribution in [1.29, 1.82) is 0 Å². The third-order valence-electron chi connectivity index (χ3n) is 3.13. The Morgan fingerprint density at radius 3 is 2.48 bits per heavy atom. The number of nitrogens with one attached hydrogen (secondary N) is 1. The van der Waals surface area contributed by atoms with E-state index in [1.165, 1.54) is 0 Å². The minimum atomic E-state index is 0.278. The van der Waals surface area contributed by atoms with Crippen LogP contribution in [0.25, 0.3) is 0 Å². The van der Waals surface area contributed by atoms with Crippen molar-refractivity contribution in [2.75, 3.05) is 13.2 Å². The van der Waals surface area contributed by atoms with E-state index < -0.39 is 0 Å². The molecule has 1 N–H and O–H groups in total. The molecule has 4 heteroatoms. The van der Waals surface area contributed by atoms with E-state index in [9.17, 15) is 0 Å². The van der Waals surface area contributed by atoms with Crippen molar-refractivity contribution in [1.82, 2.24) is 10.3 Å². The number of rotatable bonds is 7. The first kappa shape index (κ1) is 15.3. The Bertz CT molecular complexity index is 555. The van der Waals surface area contributed by atoms with Crippen LogP contribution in [0.15, 0.2) is 42.6 Å². The lowest BCUT2D eigenvalue weighted by atomic mass is 10.1. The average Bonchev–Trinajstić information content (AvgIpc) is 2.50. The van der Waals surface area contributed by atoms with Gasteiger partial charge in [-0.15, -0.1) is 0 Å². The van der Waals surface area contributed by atoms with Crippen molar-refractivity contribution in [3.05, 3.63) is 48.2 Å². The molecule has 0 saturated carbocycles. The largest absolute Gasteiger partial charge is 0.494 e. The third kappa shape index (κ3) is 4.46. The molecule has 1 heterocycles. The highest BCUT2D eigenvalue weighted by Crippen LogP contribution is 2.24. The van der Waals surface area contributed by atoms with Gasteiger partial charge in [0.15, 0.2) is 0 Å². The summed E-state index contributed by atoms with van der Waals surface area (Å²) in [4.78, 5) is 4.25. The maximum atomic E-state index is 5.79. The summed E-state index contributed by atoms with van der Waals surface area (Å²) >= 11 is 0. The van der Waals surface area contributed by atoms with Crippen LogP contribution >= 0.6 is 0 Å². The van der Waals surface area contributed by atoms with Crippen LogP contribution in [0.1, 0.15) is 32.4 Å². The summed E-state index contributed by atoms with van der Waals surface area (Å²) in [5.41, 5.74) is 1.16. The van der Waals surface area contributed by atoms with Crippen molar-refractivity contribution in [2.24, 2.45) is 0 Å². The maximum Gasteiger partial charge on any atom is 0.219 e. The first-order chi connectivity index (χ1) is 10.2. The van der Waals surface area contributed by atoms with Crippen molar-refractivity contribution < 1.29 is 9.47 Å². The molecule has 0 aliphatic rings. The number of hydrogen-bond acceptors (Lipinski definition) is 4. The van der Waals surface area contributed by atoms with Gasteiger partial charge >= 0.3 is 0 Å². The Balaban J connectivity index is 2.06. The molecule has 0 fully saturated rings. The van der Waals surface area contributed by atoms with Gasteiger partial charge in [0, 0.05) is 18.3 Å². The van der Waals surface area contributed by atoms with Gasteiger partial charge in [-0.3, -0.25) is 0 Å². The lowest BCUT2D eigenvalue weighted by Gasteiger charge is -2.13. The van der Waals surface area contributed by atoms with Crippen LogP contribution in [0, 0.1) is 0 Å². The molecule has 0 bridgehead atoms. The zero-order chi connectivity index (χ0) is 15.1. The first-order valence-corrected chi connectivity index (χ1v) is 7.33. The van der Waals surface area contributed by atoms with Gasteiger partial charge in [0.1, 0.15) is 11.5 Å². The van der Waals surface area contributed by atoms with Crippen molar-refractivity contribution in [2.45, 2.75) is 26.8 Å². The van der Waals surface area contributed by atoms with Crippen LogP contribution in [-0.2, 0) is 0 Å². The second-order valence-electron chi connectivity index (χ2n) is 4.71. The number of aromatic nitrogens is 1. The van der Waals surface area contributed by atoms with E-state index in [1.54, 1.807) is 6.20 Å². The topological polar surface area (TPSA) is 43.4 Å². The van der Waals surface area contributed by atoms with Crippen molar-refractivity contribution in [3.8, 4) is 17.4 Å². The monoisotopic (exact) mass is 286 g/mol. The molecule has 2 aromatic rings. The van der Waals surface area contributed by atoms with Crippen LogP contribution in [0.4, 0.5) is 0 Å². The molecule has 112 valence electrons. The lowest BCUT2D eigenvalue weighted by molar-refractivity contribution is 0.339. The summed E-state index contributed by atoms with van der Waals surface area (Å²) in [5, 5.41) is 3.37. The highest BCUT2D eigenvalue weighted by Gasteiger charge is 2.06. The summed E-state index contributed by atoms with van der Waals surface area (Å²) in [6.07, 6.45) is 1.77. The minimum absolute atomic E-state index is 0.278. The molecule has 0 radical (unpaired) electrons. The van der Waals surface area contributed by atoms with E-state index in [-0.39, 0.29) is 6.04 Å². The number of nitrogens with zero attached hydrogens (tertiary/aromatic N) is 1. The smallest absolute Gasteiger partial charge is 0.219 e. The van der Waals surface area contributed by atoms with Crippen LogP contribution < -0.4 is 14.8 Å². The predicted octanol–water partition coefficient (Wildman–Crippen LogP) is 3.94. The molecule has 4 nitrogen and oxygen atoms in total. The molecule has 0 saturated heterocycles. The Labute approximate surface area is 126 Å². The summed E-state index contributed by atoms with van der Waals surface area (Å²) in [6.45, 7) is 7.77. The summed E-state index contributed by atoms with van der Waals surface area (Å²) in [5.74, 6) is 2.19. The first-order valence-electron chi connectivity index (χ1n) is 7.33. The van der Waals surface area contributed by atoms with E-state index in [1.807, 2.05) is 43.3 Å². The molecule has 0 aliphatic heterocycles. The molecule has 21 heavy (non-hydrogen) atoms. The van der Waals surface area contributed by atoms with Gasteiger partial charge in [0.25, 0.3) is 0 Å². The second-order valence-corrected chi connectivity index (χ2v) is 4.71. The highest BCUT2D eigenvalue weighted by molar-refractivity contribution is 5.34. The number of pyridine rings is 1. The van der Waals surface area contributed by atoms with Gasteiger partial charge in [-0.1, -0.05) is 6.92 Å². The summed E-state index contributed by atoms with van der Waals surface area (Å²) in [7, 11) is 0. The van der Waals surface area contributed by atoms with E-state index in [2.05, 4.69) is 24.1 Å². The molecule has 0 amide bonds. The Hall–Kier alpha value is -2.07. The van der Waals surface area contributed by atoms with Crippen LogP contribution in [-0.4, -0.2) is 18.1 Å². The van der Waals surface area contributed by atoms with Gasteiger partial charge in [-0.25, -0.2) is 4.98 Å². The van der Waals surface area contributed by atoms with Gasteiger partial charge in [-0.05, 0) is 56.3 Å². The molecule has 1 aromatic carbocycles. The maximum absolute atomic E-state index is 5.79. The van der Waals surface area contributed by atoms with Gasteiger partial charge in [0.05, 0.1) is 6.61 Å². The SMILES string of the molecule is CCNC(C)c1ccnc(Oc2ccc(OCC)cc2)c1. The molecule has 1 aromatic heterocycles. The van der Waals surface area contributed by atoms with E-state index in [4.69, 9.17) is 9.47 Å². The second kappa shape index (κ2) is 7.64. The van der Waals surface area contributed by atoms with Gasteiger partial charge in [-0.2, -0.15) is 0 Å². The molecule has 1 atom stereocenters. The standard InChI is InChI=1S/C17H22N2O2/c1-4-18-13(3)14-10-11-19-17(12-14)21-16-8-6-15(7-9-16)20-5-2/h6-13,18H,4-5H2,1-3H3. The van der Waals surface area contributed by atoms with Crippen LogP contribution in [0.5, 0.6) is 17.4 Å². The van der Waals surface area contributed by atoms with Crippen molar-refractivity contribution in [3.63, 3.8) is 0 Å². The third-order valence-corrected chi connectivity index (χ3v) is 3.13. The fraction of sp³-hybridized carbons (Fsp3) is 0.353. The zero-order valence-electron chi connectivity index (χ0n) is 12.8. The fourth-order valence-corrected chi connectivity index (χ4v) is 2.07. The normalized spacial score (nSPS) is 12.0. The Morgan fingerprint density at radius 2 is 1.81 bits per heavy atom. The quantitative estimate of drug-likeness (QED) is 0.837. The van der Waals surface area contributed by atoms with E-state index in [0.717, 1.165) is 23.6 Å². The molecule has 1 unspecified atom stereocenters. The molecular formula is C17H22N2O2. The van der Waals surface area contributed by atoms with Gasteiger partial charge < -0.3 is 14.8 Å². The van der Waals surface area contributed by atoms with Crippen LogP contribution in [0.3, 0.4) is 0 Å². The predicted molar refractivity (Wildman–Crippen MR) is 84.0 cm³/mol. The van der Waals surface area contributed by atoms with Crippen molar-refractivity contribution >= 4 is 0 Å². The van der Waals surface area contributed by atoms with Gasteiger partial charge in [0.2, 0.25) is 5.88 Å². The Kier molecular flexibility index (Phi) is 5.58. The molecule has 2 rings (SSSR count). The fourth-order valence-electron chi connectivity index (χ4n) is 2.07. The zero-order valence-corrected chi connectivity index (χ0v) is 12.8. The average molecular weight is 286 g/mol. The highest BCUT2D eigenvalue weighted by atomic mass is 16.5.